The van der Waals surface area contributed by atoms with E-state index < -0.39 is 0 Å². The van der Waals surface area contributed by atoms with E-state index in [1.54, 1.807) is 6.26 Å². The molecule has 0 bridgehead atoms. The Kier molecular flexibility index (Phi) is 0.895. The number of rotatable bonds is 0. The van der Waals surface area contributed by atoms with E-state index >= 15 is 0 Å². The van der Waals surface area contributed by atoms with E-state index in [2.05, 4.69) is 6.92 Å². The first-order valence-electron chi connectivity index (χ1n) is 2.16. The van der Waals surface area contributed by atoms with E-state index in [4.69, 9.17) is 4.42 Å². The molecule has 0 aliphatic rings. The Labute approximate surface area is 43.0 Å². The lowest BCUT2D eigenvalue weighted by Crippen LogP contribution is -1.53. The summed E-state index contributed by atoms with van der Waals surface area (Å²) in [6.45, 7) is 5.55. The van der Waals surface area contributed by atoms with Crippen molar-refractivity contribution in [1.29, 1.82) is 0 Å². The molecule has 0 aliphatic heterocycles. The SMILES string of the molecule is [CH2]c1coc(C)c1. The van der Waals surface area contributed by atoms with Gasteiger partial charge in [-0.3, -0.25) is 0 Å². The maximum Gasteiger partial charge on any atom is 0.100 e. The smallest absolute Gasteiger partial charge is 0.100 e. The number of aryl methyl sites for hydroxylation is 1. The van der Waals surface area contributed by atoms with Crippen LogP contribution in [0.5, 0.6) is 0 Å². The molecular weight excluding hydrogens is 88.1 g/mol. The number of furan rings is 1. The average Bonchev–Trinajstić information content (AvgIpc) is 1.87. The summed E-state index contributed by atoms with van der Waals surface area (Å²) >= 11 is 0. The lowest BCUT2D eigenvalue weighted by atomic mass is 10.4. The third-order valence-electron chi connectivity index (χ3n) is 0.785. The second-order valence-electron chi connectivity index (χ2n) is 1.57. The standard InChI is InChI=1S/C6H7O/c1-5-3-6(2)7-4-5/h3-4H,1H2,2H3. The zero-order valence-corrected chi connectivity index (χ0v) is 4.27. The number of hydrogen-bond acceptors (Lipinski definition) is 1. The van der Waals surface area contributed by atoms with Crippen molar-refractivity contribution in [2.75, 3.05) is 0 Å². The van der Waals surface area contributed by atoms with Crippen molar-refractivity contribution in [3.63, 3.8) is 0 Å². The fraction of sp³-hybridized carbons (Fsp3) is 0.167. The Balaban J connectivity index is 3.04. The van der Waals surface area contributed by atoms with Crippen LogP contribution < -0.4 is 0 Å². The van der Waals surface area contributed by atoms with E-state index in [1.165, 1.54) is 0 Å². The van der Waals surface area contributed by atoms with Gasteiger partial charge in [-0.25, -0.2) is 0 Å². The first-order valence-corrected chi connectivity index (χ1v) is 2.16. The van der Waals surface area contributed by atoms with E-state index in [0.29, 0.717) is 0 Å². The van der Waals surface area contributed by atoms with Gasteiger partial charge in [0.15, 0.2) is 0 Å². The Morgan fingerprint density at radius 1 is 1.71 bits per heavy atom. The molecule has 1 nitrogen and oxygen atoms in total. The average molecular weight is 95.1 g/mol. The van der Waals surface area contributed by atoms with Crippen molar-refractivity contribution < 1.29 is 4.42 Å². The Hall–Kier alpha value is -0.720. The van der Waals surface area contributed by atoms with Crippen LogP contribution in [0.4, 0.5) is 0 Å². The fourth-order valence-corrected chi connectivity index (χ4v) is 0.498. The Bertz CT molecular complexity index is 136. The first kappa shape index (κ1) is 4.44. The van der Waals surface area contributed by atoms with Crippen molar-refractivity contribution in [2.45, 2.75) is 6.92 Å². The van der Waals surface area contributed by atoms with Crippen molar-refractivity contribution in [3.05, 3.63) is 30.6 Å². The molecule has 0 unspecified atom stereocenters. The Morgan fingerprint density at radius 3 is 2.57 bits per heavy atom. The molecule has 7 heavy (non-hydrogen) atoms. The molecular formula is C6H7O. The molecule has 0 atom stereocenters. The molecule has 1 heterocycles. The molecule has 0 amide bonds. The van der Waals surface area contributed by atoms with Gasteiger partial charge in [0.2, 0.25) is 0 Å². The highest BCUT2D eigenvalue weighted by molar-refractivity contribution is 5.13. The molecule has 0 spiro atoms. The van der Waals surface area contributed by atoms with Crippen LogP contribution in [0.15, 0.2) is 16.7 Å². The molecule has 0 aliphatic carbocycles. The molecule has 0 saturated carbocycles. The quantitative estimate of drug-likeness (QED) is 0.478. The maximum absolute atomic E-state index is 4.90. The normalized spacial score (nSPS) is 9.43. The van der Waals surface area contributed by atoms with Gasteiger partial charge in [0.1, 0.15) is 5.76 Å². The van der Waals surface area contributed by atoms with E-state index in [1.807, 2.05) is 13.0 Å². The van der Waals surface area contributed by atoms with Crippen LogP contribution in [-0.2, 0) is 0 Å². The molecule has 37 valence electrons. The lowest BCUT2D eigenvalue weighted by molar-refractivity contribution is 0.533. The summed E-state index contributed by atoms with van der Waals surface area (Å²) in [7, 11) is 0. The van der Waals surface area contributed by atoms with E-state index in [0.717, 1.165) is 11.3 Å². The molecule has 0 fully saturated rings. The van der Waals surface area contributed by atoms with Gasteiger partial charge >= 0.3 is 0 Å². The monoisotopic (exact) mass is 95.0 g/mol. The van der Waals surface area contributed by atoms with Crippen LogP contribution in [0.25, 0.3) is 0 Å². The predicted molar refractivity (Wildman–Crippen MR) is 27.9 cm³/mol. The van der Waals surface area contributed by atoms with Gasteiger partial charge < -0.3 is 4.42 Å². The van der Waals surface area contributed by atoms with Gasteiger partial charge in [0.05, 0.1) is 6.26 Å². The summed E-state index contributed by atoms with van der Waals surface area (Å²) in [5.74, 6) is 0.921. The van der Waals surface area contributed by atoms with Crippen molar-refractivity contribution in [3.8, 4) is 0 Å². The van der Waals surface area contributed by atoms with Gasteiger partial charge in [0, 0.05) is 0 Å². The zero-order valence-electron chi connectivity index (χ0n) is 4.27. The highest BCUT2D eigenvalue weighted by Crippen LogP contribution is 2.02. The van der Waals surface area contributed by atoms with Crippen molar-refractivity contribution in [2.24, 2.45) is 0 Å². The third-order valence-corrected chi connectivity index (χ3v) is 0.785. The summed E-state index contributed by atoms with van der Waals surface area (Å²) in [5, 5.41) is 0. The van der Waals surface area contributed by atoms with Crippen LogP contribution in [-0.4, -0.2) is 0 Å². The molecule has 0 aromatic carbocycles. The Morgan fingerprint density at radius 2 is 2.43 bits per heavy atom. The molecule has 1 rings (SSSR count). The van der Waals surface area contributed by atoms with Gasteiger partial charge in [-0.05, 0) is 25.5 Å². The van der Waals surface area contributed by atoms with E-state index in [-0.39, 0.29) is 0 Å². The van der Waals surface area contributed by atoms with Crippen LogP contribution in [0, 0.1) is 13.8 Å². The molecule has 0 N–H and O–H groups in total. The number of hydrogen-bond donors (Lipinski definition) is 0. The predicted octanol–water partition coefficient (Wildman–Crippen LogP) is 1.77. The highest BCUT2D eigenvalue weighted by Gasteiger charge is 1.86. The zero-order chi connectivity index (χ0) is 5.28. The van der Waals surface area contributed by atoms with Gasteiger partial charge in [-0.1, -0.05) is 0 Å². The summed E-state index contributed by atoms with van der Waals surface area (Å²) in [6.07, 6.45) is 1.63. The molecule has 0 saturated heterocycles. The maximum atomic E-state index is 4.90. The van der Waals surface area contributed by atoms with Crippen LogP contribution >= 0.6 is 0 Å². The van der Waals surface area contributed by atoms with Crippen LogP contribution in [0.1, 0.15) is 11.3 Å². The second kappa shape index (κ2) is 1.41. The van der Waals surface area contributed by atoms with Crippen LogP contribution in [0.2, 0.25) is 0 Å². The minimum absolute atomic E-state index is 0.921. The largest absolute Gasteiger partial charge is 0.469 e. The van der Waals surface area contributed by atoms with Gasteiger partial charge in [0.25, 0.3) is 0 Å². The third kappa shape index (κ3) is 0.829. The lowest BCUT2D eigenvalue weighted by Gasteiger charge is -1.69. The minimum atomic E-state index is 0.921. The van der Waals surface area contributed by atoms with E-state index in [9.17, 15) is 0 Å². The summed E-state index contributed by atoms with van der Waals surface area (Å²) in [6, 6.07) is 1.89. The topological polar surface area (TPSA) is 13.1 Å². The molecule has 1 aromatic rings. The summed E-state index contributed by atoms with van der Waals surface area (Å²) in [5.41, 5.74) is 0.942. The molecule has 1 aromatic heterocycles. The summed E-state index contributed by atoms with van der Waals surface area (Å²) < 4.78 is 4.90. The molecule has 1 heteroatoms. The van der Waals surface area contributed by atoms with Crippen molar-refractivity contribution in [1.82, 2.24) is 0 Å². The minimum Gasteiger partial charge on any atom is -0.469 e. The summed E-state index contributed by atoms with van der Waals surface area (Å²) in [4.78, 5) is 0. The fourth-order valence-electron chi connectivity index (χ4n) is 0.498. The molecule has 1 radical (unpaired) electrons. The van der Waals surface area contributed by atoms with Crippen LogP contribution in [0.3, 0.4) is 0 Å². The van der Waals surface area contributed by atoms with Gasteiger partial charge in [-0.15, -0.1) is 0 Å². The second-order valence-corrected chi connectivity index (χ2v) is 1.57. The van der Waals surface area contributed by atoms with Gasteiger partial charge in [-0.2, -0.15) is 0 Å². The van der Waals surface area contributed by atoms with Crippen molar-refractivity contribution >= 4 is 0 Å². The highest BCUT2D eigenvalue weighted by atomic mass is 16.3. The first-order chi connectivity index (χ1) is 3.29.